The number of methoxy groups -OCH3 is 2. The number of esters is 1. The Balaban J connectivity index is 2.58. The Morgan fingerprint density at radius 1 is 1.37 bits per heavy atom. The molecule has 1 unspecified atom stereocenters. The van der Waals surface area contributed by atoms with Gasteiger partial charge in [0, 0.05) is 18.1 Å². The third-order valence-corrected chi connectivity index (χ3v) is 3.31. The summed E-state index contributed by atoms with van der Waals surface area (Å²) in [4.78, 5) is 12.1. The molecule has 0 bridgehead atoms. The molecule has 104 valence electrons. The number of hydrogen-bond acceptors (Lipinski definition) is 5. The van der Waals surface area contributed by atoms with Crippen LogP contribution in [0.5, 0.6) is 11.5 Å². The molecule has 2 N–H and O–H groups in total. The lowest BCUT2D eigenvalue weighted by Gasteiger charge is -2.42. The second-order valence-electron chi connectivity index (χ2n) is 5.36. The van der Waals surface area contributed by atoms with Crippen molar-refractivity contribution in [2.24, 2.45) is 5.73 Å². The summed E-state index contributed by atoms with van der Waals surface area (Å²) in [6.07, 6.45) is 0.353. The van der Waals surface area contributed by atoms with Crippen molar-refractivity contribution in [1.29, 1.82) is 0 Å². The summed E-state index contributed by atoms with van der Waals surface area (Å²) in [6, 6.07) is 5.24. The maximum Gasteiger partial charge on any atom is 0.330 e. The monoisotopic (exact) mass is 265 g/mol. The Kier molecular flexibility index (Phi) is 3.18. The molecule has 5 heteroatoms. The Labute approximate surface area is 112 Å². The van der Waals surface area contributed by atoms with Crippen LogP contribution in [0.1, 0.15) is 25.8 Å². The van der Waals surface area contributed by atoms with Gasteiger partial charge in [-0.3, -0.25) is 0 Å². The highest BCUT2D eigenvalue weighted by atomic mass is 16.5. The van der Waals surface area contributed by atoms with E-state index in [0.717, 1.165) is 0 Å². The highest BCUT2D eigenvalue weighted by Crippen LogP contribution is 2.44. The number of benzene rings is 1. The fourth-order valence-corrected chi connectivity index (χ4v) is 2.55. The molecule has 1 aromatic carbocycles. The molecule has 0 aliphatic carbocycles. The van der Waals surface area contributed by atoms with E-state index in [1.165, 1.54) is 7.11 Å². The van der Waals surface area contributed by atoms with Crippen LogP contribution in [0.3, 0.4) is 0 Å². The fraction of sp³-hybridized carbons (Fsp3) is 0.500. The van der Waals surface area contributed by atoms with Gasteiger partial charge in [0.2, 0.25) is 0 Å². The average molecular weight is 265 g/mol. The minimum Gasteiger partial charge on any atom is -0.497 e. The van der Waals surface area contributed by atoms with Gasteiger partial charge in [-0.25, -0.2) is 4.79 Å². The maximum absolute atomic E-state index is 12.1. The molecule has 0 amide bonds. The van der Waals surface area contributed by atoms with Gasteiger partial charge >= 0.3 is 5.97 Å². The summed E-state index contributed by atoms with van der Waals surface area (Å²) in [5.74, 6) is 0.752. The van der Waals surface area contributed by atoms with Crippen LogP contribution in [0.4, 0.5) is 0 Å². The van der Waals surface area contributed by atoms with Gasteiger partial charge in [0.05, 0.1) is 14.2 Å². The van der Waals surface area contributed by atoms with Crippen molar-refractivity contribution in [3.63, 3.8) is 0 Å². The molecule has 1 heterocycles. The van der Waals surface area contributed by atoms with E-state index in [1.807, 2.05) is 13.8 Å². The molecule has 5 nitrogen and oxygen atoms in total. The summed E-state index contributed by atoms with van der Waals surface area (Å²) >= 11 is 0. The van der Waals surface area contributed by atoms with E-state index in [4.69, 9.17) is 19.9 Å². The largest absolute Gasteiger partial charge is 0.497 e. The molecule has 1 aliphatic heterocycles. The SMILES string of the molecule is COC(=O)C1(N)CC(C)(C)Oc2cc(OC)ccc21. The molecule has 0 fully saturated rings. The normalized spacial score (nSPS) is 24.1. The first-order valence-electron chi connectivity index (χ1n) is 6.07. The molecular formula is C14H19NO4. The van der Waals surface area contributed by atoms with Crippen LogP contribution in [-0.4, -0.2) is 25.8 Å². The Morgan fingerprint density at radius 2 is 2.05 bits per heavy atom. The number of hydrogen-bond donors (Lipinski definition) is 1. The third kappa shape index (κ3) is 2.26. The van der Waals surface area contributed by atoms with Crippen LogP contribution in [0.15, 0.2) is 18.2 Å². The van der Waals surface area contributed by atoms with Crippen LogP contribution in [0.2, 0.25) is 0 Å². The Bertz CT molecular complexity index is 512. The number of carbonyl (C=O) groups is 1. The van der Waals surface area contributed by atoms with Crippen LogP contribution in [0.25, 0.3) is 0 Å². The van der Waals surface area contributed by atoms with Gasteiger partial charge in [-0.1, -0.05) is 0 Å². The van der Waals surface area contributed by atoms with Crippen molar-refractivity contribution < 1.29 is 19.0 Å². The van der Waals surface area contributed by atoms with Gasteiger partial charge in [0.1, 0.15) is 22.6 Å². The van der Waals surface area contributed by atoms with Gasteiger partial charge in [0.15, 0.2) is 0 Å². The molecule has 0 aromatic heterocycles. The van der Waals surface area contributed by atoms with Crippen LogP contribution < -0.4 is 15.2 Å². The average Bonchev–Trinajstić information content (AvgIpc) is 2.35. The van der Waals surface area contributed by atoms with Gasteiger partial charge in [-0.15, -0.1) is 0 Å². The quantitative estimate of drug-likeness (QED) is 0.822. The zero-order valence-corrected chi connectivity index (χ0v) is 11.6. The first kappa shape index (κ1) is 13.7. The lowest BCUT2D eigenvalue weighted by molar-refractivity contribution is -0.151. The Morgan fingerprint density at radius 3 is 2.63 bits per heavy atom. The minimum absolute atomic E-state index is 0.353. The molecule has 1 aliphatic rings. The smallest absolute Gasteiger partial charge is 0.330 e. The predicted molar refractivity (Wildman–Crippen MR) is 70.2 cm³/mol. The molecule has 2 rings (SSSR count). The van der Waals surface area contributed by atoms with Crippen molar-refractivity contribution in [1.82, 2.24) is 0 Å². The summed E-state index contributed by atoms with van der Waals surface area (Å²) in [5.41, 5.74) is 5.17. The predicted octanol–water partition coefficient (Wildman–Crippen LogP) is 1.58. The van der Waals surface area contributed by atoms with Gasteiger partial charge in [-0.2, -0.15) is 0 Å². The van der Waals surface area contributed by atoms with E-state index in [1.54, 1.807) is 25.3 Å². The van der Waals surface area contributed by atoms with Crippen molar-refractivity contribution in [2.45, 2.75) is 31.4 Å². The topological polar surface area (TPSA) is 70.8 Å². The summed E-state index contributed by atoms with van der Waals surface area (Å²) < 4.78 is 15.9. The fourth-order valence-electron chi connectivity index (χ4n) is 2.55. The first-order valence-corrected chi connectivity index (χ1v) is 6.07. The lowest BCUT2D eigenvalue weighted by Crippen LogP contribution is -2.54. The number of rotatable bonds is 2. The van der Waals surface area contributed by atoms with Crippen LogP contribution in [0, 0.1) is 0 Å². The van der Waals surface area contributed by atoms with Gasteiger partial charge in [-0.05, 0) is 26.0 Å². The number of nitrogens with two attached hydrogens (primary N) is 1. The molecule has 0 saturated carbocycles. The zero-order chi connectivity index (χ0) is 14.3. The minimum atomic E-state index is -1.20. The molecule has 1 aromatic rings. The van der Waals surface area contributed by atoms with Crippen molar-refractivity contribution in [3.8, 4) is 11.5 Å². The summed E-state index contributed by atoms with van der Waals surface area (Å²) in [6.45, 7) is 3.78. The second kappa shape index (κ2) is 4.42. The molecule has 19 heavy (non-hydrogen) atoms. The van der Waals surface area contributed by atoms with Crippen molar-refractivity contribution >= 4 is 5.97 Å². The second-order valence-corrected chi connectivity index (χ2v) is 5.36. The van der Waals surface area contributed by atoms with E-state index in [-0.39, 0.29) is 0 Å². The van der Waals surface area contributed by atoms with E-state index < -0.39 is 17.1 Å². The van der Waals surface area contributed by atoms with Crippen molar-refractivity contribution in [3.05, 3.63) is 23.8 Å². The number of ether oxygens (including phenoxy) is 3. The first-order chi connectivity index (χ1) is 8.82. The molecule has 0 saturated heterocycles. The van der Waals surface area contributed by atoms with Gasteiger partial charge in [0.25, 0.3) is 0 Å². The van der Waals surface area contributed by atoms with E-state index in [2.05, 4.69) is 0 Å². The molecular weight excluding hydrogens is 246 g/mol. The standard InChI is InChI=1S/C14H19NO4/c1-13(2)8-14(15,12(16)18-4)10-6-5-9(17-3)7-11(10)19-13/h5-7H,8,15H2,1-4H3. The van der Waals surface area contributed by atoms with Crippen LogP contribution >= 0.6 is 0 Å². The van der Waals surface area contributed by atoms with E-state index >= 15 is 0 Å². The molecule has 1 atom stereocenters. The highest BCUT2D eigenvalue weighted by molar-refractivity contribution is 5.84. The van der Waals surface area contributed by atoms with E-state index in [0.29, 0.717) is 23.5 Å². The third-order valence-electron chi connectivity index (χ3n) is 3.31. The molecule has 0 spiro atoms. The number of fused-ring (bicyclic) bond motifs is 1. The number of carbonyl (C=O) groups excluding carboxylic acids is 1. The molecule has 0 radical (unpaired) electrons. The lowest BCUT2D eigenvalue weighted by atomic mass is 9.78. The highest BCUT2D eigenvalue weighted by Gasteiger charge is 2.48. The van der Waals surface area contributed by atoms with Crippen molar-refractivity contribution in [2.75, 3.05) is 14.2 Å². The summed E-state index contributed by atoms with van der Waals surface area (Å²) in [7, 11) is 2.91. The maximum atomic E-state index is 12.1. The van der Waals surface area contributed by atoms with Gasteiger partial charge < -0.3 is 19.9 Å². The van der Waals surface area contributed by atoms with Crippen LogP contribution in [-0.2, 0) is 15.1 Å². The van der Waals surface area contributed by atoms with E-state index in [9.17, 15) is 4.79 Å². The summed E-state index contributed by atoms with van der Waals surface area (Å²) in [5, 5.41) is 0. The Hall–Kier alpha value is -1.75. The zero-order valence-electron chi connectivity index (χ0n) is 11.6.